The molecule has 0 radical (unpaired) electrons. The second-order valence-corrected chi connectivity index (χ2v) is 7.69. The van der Waals surface area contributed by atoms with Gasteiger partial charge in [0.2, 0.25) is 5.91 Å². The molecule has 2 aliphatic heterocycles. The summed E-state index contributed by atoms with van der Waals surface area (Å²) in [6.07, 6.45) is 0.367. The lowest BCUT2D eigenvalue weighted by molar-refractivity contribution is -0.128. The van der Waals surface area contributed by atoms with E-state index >= 15 is 0 Å². The summed E-state index contributed by atoms with van der Waals surface area (Å²) >= 11 is 0. The van der Waals surface area contributed by atoms with E-state index in [1.165, 1.54) is 0 Å². The van der Waals surface area contributed by atoms with Gasteiger partial charge in [-0.15, -0.1) is 0 Å². The van der Waals surface area contributed by atoms with Gasteiger partial charge in [-0.25, -0.2) is 4.79 Å². The Kier molecular flexibility index (Phi) is 5.00. The average Bonchev–Trinajstić information content (AvgIpc) is 2.68. The van der Waals surface area contributed by atoms with Crippen LogP contribution >= 0.6 is 0 Å². The number of nitrogens with zero attached hydrogens (tertiary/aromatic N) is 2. The summed E-state index contributed by atoms with van der Waals surface area (Å²) in [5.74, 6) is 0.647. The summed E-state index contributed by atoms with van der Waals surface area (Å²) in [6, 6.07) is 0.206. The summed E-state index contributed by atoms with van der Waals surface area (Å²) in [5, 5.41) is 3.44. The predicted octanol–water partition coefficient (Wildman–Crippen LogP) is 1.45. The van der Waals surface area contributed by atoms with Crippen molar-refractivity contribution in [3.8, 4) is 0 Å². The van der Waals surface area contributed by atoms with Crippen LogP contribution in [0, 0.1) is 5.92 Å². The van der Waals surface area contributed by atoms with Crippen LogP contribution in [0.4, 0.5) is 4.79 Å². The Morgan fingerprint density at radius 3 is 2.55 bits per heavy atom. The zero-order chi connectivity index (χ0) is 16.5. The fraction of sp³-hybridized carbons (Fsp3) is 0.875. The molecule has 2 amide bonds. The smallest absolute Gasteiger partial charge is 0.410 e. The molecule has 0 aromatic rings. The molecule has 2 fully saturated rings. The maximum atomic E-state index is 12.3. The van der Waals surface area contributed by atoms with Gasteiger partial charge in [0.05, 0.1) is 0 Å². The average molecular weight is 311 g/mol. The van der Waals surface area contributed by atoms with Gasteiger partial charge in [-0.05, 0) is 33.6 Å². The second kappa shape index (κ2) is 6.44. The van der Waals surface area contributed by atoms with Crippen LogP contribution < -0.4 is 5.32 Å². The Morgan fingerprint density at radius 2 is 2.00 bits per heavy atom. The first kappa shape index (κ1) is 17.1. The van der Waals surface area contributed by atoms with Crippen molar-refractivity contribution in [3.05, 3.63) is 0 Å². The number of ether oxygens (including phenoxy) is 1. The van der Waals surface area contributed by atoms with E-state index in [2.05, 4.69) is 12.2 Å². The molecule has 0 unspecified atom stereocenters. The van der Waals surface area contributed by atoms with E-state index < -0.39 is 5.60 Å². The molecule has 22 heavy (non-hydrogen) atoms. The number of nitrogens with one attached hydrogen (secondary N) is 1. The molecule has 3 atom stereocenters. The first-order valence-corrected chi connectivity index (χ1v) is 8.16. The molecule has 0 aliphatic carbocycles. The van der Waals surface area contributed by atoms with Crippen LogP contribution in [-0.2, 0) is 9.53 Å². The van der Waals surface area contributed by atoms with Crippen molar-refractivity contribution in [1.29, 1.82) is 0 Å². The Bertz CT molecular complexity index is 433. The largest absolute Gasteiger partial charge is 0.444 e. The second-order valence-electron chi connectivity index (χ2n) is 7.69. The molecule has 0 saturated carbocycles. The topological polar surface area (TPSA) is 61.9 Å². The van der Waals surface area contributed by atoms with Gasteiger partial charge in [0.25, 0.3) is 0 Å². The number of hydrogen-bond donors (Lipinski definition) is 1. The molecular weight excluding hydrogens is 282 g/mol. The third-order valence-corrected chi connectivity index (χ3v) is 4.13. The number of carbonyl (C=O) groups excluding carboxylic acids is 2. The first-order chi connectivity index (χ1) is 10.2. The van der Waals surface area contributed by atoms with E-state index in [-0.39, 0.29) is 24.1 Å². The molecule has 6 nitrogen and oxygen atoms in total. The fourth-order valence-corrected chi connectivity index (χ4v) is 3.04. The molecule has 126 valence electrons. The summed E-state index contributed by atoms with van der Waals surface area (Å²) in [6.45, 7) is 12.5. The van der Waals surface area contributed by atoms with Crippen LogP contribution in [0.3, 0.4) is 0 Å². The van der Waals surface area contributed by atoms with E-state index in [1.807, 2.05) is 32.6 Å². The minimum Gasteiger partial charge on any atom is -0.444 e. The first-order valence-electron chi connectivity index (χ1n) is 8.16. The maximum absolute atomic E-state index is 12.3. The van der Waals surface area contributed by atoms with Crippen LogP contribution in [0.2, 0.25) is 0 Å². The molecule has 0 aromatic carbocycles. The number of likely N-dealkylation sites (tertiary alicyclic amines) is 1. The van der Waals surface area contributed by atoms with Gasteiger partial charge in [0.15, 0.2) is 0 Å². The molecule has 2 heterocycles. The Morgan fingerprint density at radius 1 is 1.32 bits per heavy atom. The van der Waals surface area contributed by atoms with Crippen molar-refractivity contribution in [2.75, 3.05) is 26.2 Å². The summed E-state index contributed by atoms with van der Waals surface area (Å²) < 4.78 is 5.48. The lowest BCUT2D eigenvalue weighted by Crippen LogP contribution is -2.60. The molecule has 0 aromatic heterocycles. The van der Waals surface area contributed by atoms with Crippen LogP contribution in [-0.4, -0.2) is 65.7 Å². The Balaban J connectivity index is 1.93. The lowest BCUT2D eigenvalue weighted by Gasteiger charge is -2.40. The SMILES string of the molecule is C[C@H]1CC(=O)N(C[C@H]2CN(C(=O)OC(C)(C)C)[C@H](C)CN2)C1. The number of rotatable bonds is 2. The highest BCUT2D eigenvalue weighted by molar-refractivity contribution is 5.78. The van der Waals surface area contributed by atoms with Crippen molar-refractivity contribution in [3.63, 3.8) is 0 Å². The monoisotopic (exact) mass is 311 g/mol. The maximum Gasteiger partial charge on any atom is 0.410 e. The molecule has 2 aliphatic rings. The summed E-state index contributed by atoms with van der Waals surface area (Å²) in [5.41, 5.74) is -0.489. The van der Waals surface area contributed by atoms with Gasteiger partial charge in [-0.1, -0.05) is 6.92 Å². The van der Waals surface area contributed by atoms with Crippen molar-refractivity contribution >= 4 is 12.0 Å². The van der Waals surface area contributed by atoms with Gasteiger partial charge < -0.3 is 19.9 Å². The zero-order valence-corrected chi connectivity index (χ0v) is 14.4. The normalized spacial score (nSPS) is 29.9. The van der Waals surface area contributed by atoms with E-state index in [0.29, 0.717) is 25.4 Å². The van der Waals surface area contributed by atoms with Crippen LogP contribution in [0.15, 0.2) is 0 Å². The highest BCUT2D eigenvalue weighted by atomic mass is 16.6. The Labute approximate surface area is 133 Å². The van der Waals surface area contributed by atoms with Crippen LogP contribution in [0.1, 0.15) is 41.0 Å². The molecular formula is C16H29N3O3. The third kappa shape index (κ3) is 4.35. The third-order valence-electron chi connectivity index (χ3n) is 4.13. The van der Waals surface area contributed by atoms with E-state index in [1.54, 1.807) is 4.90 Å². The van der Waals surface area contributed by atoms with Crippen molar-refractivity contribution in [2.24, 2.45) is 5.92 Å². The highest BCUT2D eigenvalue weighted by Crippen LogP contribution is 2.19. The standard InChI is InChI=1S/C16H29N3O3/c1-11-6-14(20)18(8-11)9-13-10-19(12(2)7-17-13)15(21)22-16(3,4)5/h11-13,17H,6-10H2,1-5H3/t11-,12+,13-/m0/s1. The van der Waals surface area contributed by atoms with Crippen molar-refractivity contribution in [1.82, 2.24) is 15.1 Å². The van der Waals surface area contributed by atoms with E-state index in [4.69, 9.17) is 4.74 Å². The van der Waals surface area contributed by atoms with Crippen LogP contribution in [0.5, 0.6) is 0 Å². The zero-order valence-electron chi connectivity index (χ0n) is 14.4. The number of hydrogen-bond acceptors (Lipinski definition) is 4. The molecule has 6 heteroatoms. The van der Waals surface area contributed by atoms with Gasteiger partial charge in [0.1, 0.15) is 5.60 Å². The van der Waals surface area contributed by atoms with Gasteiger partial charge >= 0.3 is 6.09 Å². The molecule has 0 bridgehead atoms. The number of amides is 2. The number of piperazine rings is 1. The predicted molar refractivity (Wildman–Crippen MR) is 84.6 cm³/mol. The molecule has 2 rings (SSSR count). The van der Waals surface area contributed by atoms with Crippen LogP contribution in [0.25, 0.3) is 0 Å². The minimum atomic E-state index is -0.489. The van der Waals surface area contributed by atoms with Crippen molar-refractivity contribution in [2.45, 2.75) is 58.7 Å². The quantitative estimate of drug-likeness (QED) is 0.838. The fourth-order valence-electron chi connectivity index (χ4n) is 3.04. The van der Waals surface area contributed by atoms with Gasteiger partial charge in [-0.2, -0.15) is 0 Å². The molecule has 0 spiro atoms. The summed E-state index contributed by atoms with van der Waals surface area (Å²) in [7, 11) is 0. The Hall–Kier alpha value is -1.30. The highest BCUT2D eigenvalue weighted by Gasteiger charge is 2.34. The molecule has 1 N–H and O–H groups in total. The summed E-state index contributed by atoms with van der Waals surface area (Å²) in [4.78, 5) is 27.9. The minimum absolute atomic E-state index is 0.0966. The van der Waals surface area contributed by atoms with E-state index in [0.717, 1.165) is 13.1 Å². The van der Waals surface area contributed by atoms with E-state index in [9.17, 15) is 9.59 Å². The van der Waals surface area contributed by atoms with Gasteiger partial charge in [-0.3, -0.25) is 4.79 Å². The molecule has 2 saturated heterocycles. The number of carbonyl (C=O) groups is 2. The lowest BCUT2D eigenvalue weighted by atomic mass is 10.1. The van der Waals surface area contributed by atoms with Crippen molar-refractivity contribution < 1.29 is 14.3 Å². The van der Waals surface area contributed by atoms with Gasteiger partial charge in [0, 0.05) is 44.7 Å².